The van der Waals surface area contributed by atoms with E-state index in [1.807, 2.05) is 12.0 Å². The molecular formula is C29H35NO5. The number of methoxy groups -OCH3 is 2. The van der Waals surface area contributed by atoms with Gasteiger partial charge in [-0.2, -0.15) is 0 Å². The average Bonchev–Trinajstić information content (AvgIpc) is 2.86. The van der Waals surface area contributed by atoms with Crippen molar-refractivity contribution in [3.63, 3.8) is 0 Å². The highest BCUT2D eigenvalue weighted by Crippen LogP contribution is 2.22. The Morgan fingerprint density at radius 2 is 2.03 bits per heavy atom. The molecule has 1 aliphatic carbocycles. The Hall–Kier alpha value is -3.55. The lowest BCUT2D eigenvalue weighted by Crippen LogP contribution is -2.09. The zero-order chi connectivity index (χ0) is 25.6. The SMILES string of the molecule is COC(=O)CCc1nc(C#CC2C=CC(OC)=CC2=C=O)ccc1OCCC(C)CCC=C(C)C. The highest BCUT2D eigenvalue weighted by molar-refractivity contribution is 5.69. The van der Waals surface area contributed by atoms with E-state index in [0.717, 1.165) is 19.3 Å². The molecule has 0 aliphatic heterocycles. The Morgan fingerprint density at radius 1 is 1.23 bits per heavy atom. The fourth-order valence-corrected chi connectivity index (χ4v) is 3.45. The number of carbonyl (C=O) groups is 1. The van der Waals surface area contributed by atoms with Crippen LogP contribution in [-0.2, 0) is 25.5 Å². The van der Waals surface area contributed by atoms with Gasteiger partial charge in [-0.05, 0) is 69.2 Å². The minimum Gasteiger partial charge on any atom is -0.497 e. The molecule has 0 fully saturated rings. The van der Waals surface area contributed by atoms with Crippen LogP contribution >= 0.6 is 0 Å². The number of allylic oxidation sites excluding steroid dienone is 6. The molecule has 2 atom stereocenters. The third kappa shape index (κ3) is 9.68. The van der Waals surface area contributed by atoms with Gasteiger partial charge in [0.1, 0.15) is 23.1 Å². The molecule has 0 spiro atoms. The molecule has 0 amide bonds. The van der Waals surface area contributed by atoms with E-state index in [9.17, 15) is 9.59 Å². The Balaban J connectivity index is 2.11. The van der Waals surface area contributed by atoms with E-state index in [1.165, 1.54) is 12.7 Å². The van der Waals surface area contributed by atoms with E-state index in [0.29, 0.717) is 47.4 Å². The van der Waals surface area contributed by atoms with Crippen LogP contribution in [-0.4, -0.2) is 37.7 Å². The van der Waals surface area contributed by atoms with E-state index in [1.54, 1.807) is 31.4 Å². The maximum Gasteiger partial charge on any atom is 0.305 e. The first-order valence-corrected chi connectivity index (χ1v) is 11.9. The number of pyridine rings is 1. The van der Waals surface area contributed by atoms with Crippen LogP contribution in [0.2, 0.25) is 0 Å². The normalized spacial score (nSPS) is 15.2. The summed E-state index contributed by atoms with van der Waals surface area (Å²) in [5, 5.41) is 0. The molecule has 0 saturated heterocycles. The van der Waals surface area contributed by atoms with Gasteiger partial charge in [0.05, 0.1) is 44.4 Å². The summed E-state index contributed by atoms with van der Waals surface area (Å²) in [6, 6.07) is 3.63. The first kappa shape index (κ1) is 27.7. The van der Waals surface area contributed by atoms with Crippen LogP contribution < -0.4 is 4.74 Å². The highest BCUT2D eigenvalue weighted by atomic mass is 16.5. The minimum absolute atomic E-state index is 0.198. The lowest BCUT2D eigenvalue weighted by Gasteiger charge is -2.14. The summed E-state index contributed by atoms with van der Waals surface area (Å²) in [5.74, 6) is 9.08. The van der Waals surface area contributed by atoms with Crippen molar-refractivity contribution in [1.82, 2.24) is 4.98 Å². The number of hydrogen-bond donors (Lipinski definition) is 0. The molecule has 6 heteroatoms. The molecule has 6 nitrogen and oxygen atoms in total. The number of hydrogen-bond acceptors (Lipinski definition) is 6. The van der Waals surface area contributed by atoms with E-state index in [-0.39, 0.29) is 12.4 Å². The van der Waals surface area contributed by atoms with Gasteiger partial charge in [-0.25, -0.2) is 9.78 Å². The van der Waals surface area contributed by atoms with Gasteiger partial charge in [-0.3, -0.25) is 4.79 Å². The Labute approximate surface area is 208 Å². The van der Waals surface area contributed by atoms with Crippen molar-refractivity contribution >= 4 is 11.9 Å². The number of nitrogens with zero attached hydrogens (tertiary/aromatic N) is 1. The maximum atomic E-state index is 11.7. The average molecular weight is 478 g/mol. The maximum absolute atomic E-state index is 11.7. The third-order valence-corrected chi connectivity index (χ3v) is 5.60. The van der Waals surface area contributed by atoms with Gasteiger partial charge in [0.2, 0.25) is 0 Å². The molecule has 35 heavy (non-hydrogen) atoms. The Bertz CT molecular complexity index is 1080. The van der Waals surface area contributed by atoms with Gasteiger partial charge >= 0.3 is 5.97 Å². The summed E-state index contributed by atoms with van der Waals surface area (Å²) < 4.78 is 16.0. The lowest BCUT2D eigenvalue weighted by atomic mass is 9.95. The molecule has 1 aliphatic rings. The van der Waals surface area contributed by atoms with E-state index >= 15 is 0 Å². The first-order chi connectivity index (χ1) is 16.9. The highest BCUT2D eigenvalue weighted by Gasteiger charge is 2.14. The first-order valence-electron chi connectivity index (χ1n) is 11.9. The predicted molar refractivity (Wildman–Crippen MR) is 136 cm³/mol. The Morgan fingerprint density at radius 3 is 2.71 bits per heavy atom. The van der Waals surface area contributed by atoms with Gasteiger partial charge in [0, 0.05) is 6.42 Å². The quantitative estimate of drug-likeness (QED) is 0.190. The summed E-state index contributed by atoms with van der Waals surface area (Å²) in [5.41, 5.74) is 2.94. The molecular weight excluding hydrogens is 442 g/mol. The van der Waals surface area contributed by atoms with Crippen molar-refractivity contribution in [3.8, 4) is 17.6 Å². The zero-order valence-corrected chi connectivity index (χ0v) is 21.3. The van der Waals surface area contributed by atoms with Crippen molar-refractivity contribution in [2.75, 3.05) is 20.8 Å². The summed E-state index contributed by atoms with van der Waals surface area (Å²) in [4.78, 5) is 27.6. The summed E-state index contributed by atoms with van der Waals surface area (Å²) in [6.07, 6.45) is 11.1. The van der Waals surface area contributed by atoms with Gasteiger partial charge in [0.25, 0.3) is 0 Å². The van der Waals surface area contributed by atoms with Crippen molar-refractivity contribution in [1.29, 1.82) is 0 Å². The second-order valence-electron chi connectivity index (χ2n) is 8.73. The minimum atomic E-state index is -0.393. The summed E-state index contributed by atoms with van der Waals surface area (Å²) in [7, 11) is 2.91. The van der Waals surface area contributed by atoms with Gasteiger partial charge in [0.15, 0.2) is 0 Å². The number of aryl methyl sites for hydroxylation is 1. The molecule has 0 saturated carbocycles. The van der Waals surface area contributed by atoms with E-state index in [2.05, 4.69) is 43.7 Å². The standard InChI is InChI=1S/C29H35NO5/c1-21(2)7-6-8-22(3)17-18-35-28-15-12-25(30-27(28)14-16-29(32)34-5)11-9-23-10-13-26(33-4)19-24(23)20-31/h7,10,12-13,15,19,22-23H,6,8,14,16-18H2,1-5H3. The summed E-state index contributed by atoms with van der Waals surface area (Å²) in [6.45, 7) is 7.03. The largest absolute Gasteiger partial charge is 0.497 e. The number of rotatable bonds is 11. The molecule has 1 aromatic heterocycles. The van der Waals surface area contributed by atoms with Crippen molar-refractivity contribution in [3.05, 3.63) is 64.7 Å². The Kier molecular flexibility index (Phi) is 11.6. The van der Waals surface area contributed by atoms with Crippen LogP contribution in [0.4, 0.5) is 0 Å². The fraction of sp³-hybridized carbons (Fsp3) is 0.448. The fourth-order valence-electron chi connectivity index (χ4n) is 3.45. The number of ether oxygens (including phenoxy) is 3. The number of esters is 1. The summed E-state index contributed by atoms with van der Waals surface area (Å²) >= 11 is 0. The van der Waals surface area contributed by atoms with E-state index < -0.39 is 5.92 Å². The zero-order valence-electron chi connectivity index (χ0n) is 21.3. The smallest absolute Gasteiger partial charge is 0.305 e. The third-order valence-electron chi connectivity index (χ3n) is 5.60. The molecule has 2 unspecified atom stereocenters. The van der Waals surface area contributed by atoms with E-state index in [4.69, 9.17) is 14.2 Å². The predicted octanol–water partition coefficient (Wildman–Crippen LogP) is 5.16. The van der Waals surface area contributed by atoms with Crippen LogP contribution in [0.3, 0.4) is 0 Å². The van der Waals surface area contributed by atoms with Crippen LogP contribution in [0.1, 0.15) is 57.8 Å². The number of carbonyl (C=O) groups excluding carboxylic acids is 2. The molecule has 186 valence electrons. The van der Waals surface area contributed by atoms with Crippen molar-refractivity contribution < 1.29 is 23.8 Å². The second kappa shape index (κ2) is 14.7. The molecule has 1 aromatic rings. The molecule has 0 radical (unpaired) electrons. The van der Waals surface area contributed by atoms with Crippen molar-refractivity contribution in [2.45, 2.75) is 52.9 Å². The van der Waals surface area contributed by atoms with Crippen molar-refractivity contribution in [2.24, 2.45) is 11.8 Å². The van der Waals surface area contributed by atoms with Gasteiger partial charge in [-0.1, -0.05) is 30.6 Å². The van der Waals surface area contributed by atoms with Crippen LogP contribution in [0.5, 0.6) is 5.75 Å². The number of aromatic nitrogens is 1. The van der Waals surface area contributed by atoms with Gasteiger partial charge < -0.3 is 14.2 Å². The van der Waals surface area contributed by atoms with Crippen LogP contribution in [0.25, 0.3) is 0 Å². The van der Waals surface area contributed by atoms with Gasteiger partial charge in [-0.15, -0.1) is 0 Å². The second-order valence-corrected chi connectivity index (χ2v) is 8.73. The molecule has 2 rings (SSSR count). The molecule has 0 bridgehead atoms. The molecule has 1 heterocycles. The topological polar surface area (TPSA) is 74.7 Å². The van der Waals surface area contributed by atoms with Crippen LogP contribution in [0, 0.1) is 23.7 Å². The lowest BCUT2D eigenvalue weighted by molar-refractivity contribution is -0.140. The van der Waals surface area contributed by atoms with Crippen LogP contribution in [0.15, 0.2) is 53.3 Å². The molecule has 0 N–H and O–H groups in total. The molecule has 0 aromatic carbocycles. The monoisotopic (exact) mass is 477 g/mol.